The number of aromatic nitrogens is 4. The summed E-state index contributed by atoms with van der Waals surface area (Å²) in [5.41, 5.74) is 3.57. The van der Waals surface area contributed by atoms with Crippen LogP contribution >= 0.6 is 11.6 Å². The highest BCUT2D eigenvalue weighted by atomic mass is 35.5. The van der Waals surface area contributed by atoms with E-state index in [1.165, 1.54) is 17.7 Å². The maximum Gasteiger partial charge on any atom is 0.282 e. The SMILES string of the molecule is CC1(C)c2ccc(C3CCN(c4cnc(N5CCN(c6cc(F)c(C7CCC(=O)N(COCC[Si](C)(C)C)C7=O)c(F)c6)CC5)cn4)CC3)cc2-n2c1nc(=O)c1c(Cl)cccc12. The number of carbonyl (C=O) groups is 2. The number of carbonyl (C=O) groups excluding carboxylic acids is 2. The second-order valence-corrected chi connectivity index (χ2v) is 25.0. The summed E-state index contributed by atoms with van der Waals surface area (Å²) in [4.78, 5) is 60.5. The highest BCUT2D eigenvalue weighted by molar-refractivity contribution is 6.76. The third-order valence-electron chi connectivity index (χ3n) is 13.4. The van der Waals surface area contributed by atoms with Gasteiger partial charge in [-0.1, -0.05) is 49.4 Å². The lowest BCUT2D eigenvalue weighted by atomic mass is 9.83. The van der Waals surface area contributed by atoms with Crippen LogP contribution in [0.3, 0.4) is 0 Å². The van der Waals surface area contributed by atoms with Crippen molar-refractivity contribution in [2.75, 3.05) is 67.3 Å². The van der Waals surface area contributed by atoms with Crippen molar-refractivity contribution in [3.63, 3.8) is 0 Å². The van der Waals surface area contributed by atoms with Crippen LogP contribution in [-0.2, 0) is 19.7 Å². The van der Waals surface area contributed by atoms with Gasteiger partial charge in [0.15, 0.2) is 0 Å². The Hall–Kier alpha value is -5.25. The molecule has 0 radical (unpaired) electrons. The van der Waals surface area contributed by atoms with E-state index in [2.05, 4.69) is 71.0 Å². The molecule has 0 aliphatic carbocycles. The zero-order valence-electron chi connectivity index (χ0n) is 36.5. The first kappa shape index (κ1) is 43.0. The van der Waals surface area contributed by atoms with E-state index in [1.807, 2.05) is 23.2 Å². The van der Waals surface area contributed by atoms with E-state index in [-0.39, 0.29) is 36.6 Å². The van der Waals surface area contributed by atoms with Crippen molar-refractivity contribution >= 4 is 59.7 Å². The number of imide groups is 1. The Morgan fingerprint density at radius 2 is 1.49 bits per heavy atom. The molecule has 6 heterocycles. The number of amides is 2. The van der Waals surface area contributed by atoms with Crippen LogP contribution in [0.4, 0.5) is 26.1 Å². The average molecular weight is 896 g/mol. The number of ether oxygens (including phenoxy) is 1. The highest BCUT2D eigenvalue weighted by Crippen LogP contribution is 2.45. The first-order valence-corrected chi connectivity index (χ1v) is 26.0. The number of hydrogen-bond acceptors (Lipinski definition) is 10. The number of benzene rings is 3. The molecule has 3 fully saturated rings. The monoisotopic (exact) mass is 894 g/mol. The van der Waals surface area contributed by atoms with Crippen LogP contribution in [0.15, 0.2) is 65.7 Å². The first-order chi connectivity index (χ1) is 30.1. The van der Waals surface area contributed by atoms with Gasteiger partial charge in [-0.25, -0.2) is 18.7 Å². The molecule has 1 unspecified atom stereocenters. The maximum absolute atomic E-state index is 15.7. The standard InChI is InChI=1S/C47H53ClF2N8O4Si/c1-47(2)33-11-9-30(23-38(33)58-37-8-6-7-34(48)43(37)44(60)53-46(47)58)29-13-15-55(16-14-29)39-26-52-40(27-51-39)56-19-17-54(18-20-56)31-24-35(49)42(36(50)25-31)32-10-12-41(59)57(45(32)61)28-62-21-22-63(3,4)5/h6-9,11,23-27,29,32H,10,12-22,28H2,1-5H3. The number of rotatable bonds is 10. The number of likely N-dealkylation sites (tertiary alicyclic amines) is 1. The fraction of sp³-hybridized carbons (Fsp3) is 0.447. The van der Waals surface area contributed by atoms with Crippen LogP contribution in [0, 0.1) is 11.6 Å². The van der Waals surface area contributed by atoms with Gasteiger partial charge in [0.05, 0.1) is 45.3 Å². The number of fused-ring (bicyclic) bond motifs is 5. The van der Waals surface area contributed by atoms with Gasteiger partial charge < -0.3 is 19.4 Å². The van der Waals surface area contributed by atoms with E-state index >= 15 is 8.78 Å². The topological polar surface area (TPSA) is 117 Å². The molecule has 2 amide bonds. The number of anilines is 3. The van der Waals surface area contributed by atoms with Crippen LogP contribution in [0.5, 0.6) is 0 Å². The zero-order chi connectivity index (χ0) is 44.4. The molecule has 330 valence electrons. The summed E-state index contributed by atoms with van der Waals surface area (Å²) in [5.74, 6) is -1.04. The second-order valence-electron chi connectivity index (χ2n) is 19.0. The van der Waals surface area contributed by atoms with Crippen LogP contribution in [0.1, 0.15) is 73.9 Å². The van der Waals surface area contributed by atoms with Crippen molar-refractivity contribution in [2.24, 2.45) is 0 Å². The fourth-order valence-electron chi connectivity index (χ4n) is 9.66. The second kappa shape index (κ2) is 16.7. The molecule has 5 aromatic rings. The van der Waals surface area contributed by atoms with Gasteiger partial charge in [0.1, 0.15) is 35.8 Å². The Labute approximate surface area is 371 Å². The number of halogens is 3. The fourth-order valence-corrected chi connectivity index (χ4v) is 10.7. The molecule has 63 heavy (non-hydrogen) atoms. The molecule has 9 rings (SSSR count). The van der Waals surface area contributed by atoms with Gasteiger partial charge in [0.2, 0.25) is 11.8 Å². The third kappa shape index (κ3) is 8.12. The maximum atomic E-state index is 15.7. The number of nitrogens with zero attached hydrogens (tertiary/aromatic N) is 8. The van der Waals surface area contributed by atoms with Gasteiger partial charge >= 0.3 is 0 Å². The summed E-state index contributed by atoms with van der Waals surface area (Å²) >= 11 is 6.50. The molecular formula is C47H53ClF2N8O4Si. The third-order valence-corrected chi connectivity index (χ3v) is 15.4. The van der Waals surface area contributed by atoms with E-state index < -0.39 is 36.9 Å². The molecule has 0 N–H and O–H groups in total. The van der Waals surface area contributed by atoms with Gasteiger partial charge in [-0.3, -0.25) is 23.9 Å². The van der Waals surface area contributed by atoms with Crippen LogP contribution in [0.2, 0.25) is 30.7 Å². The number of piperazine rings is 1. The normalized spacial score (nSPS) is 19.3. The van der Waals surface area contributed by atoms with Gasteiger partial charge in [-0.05, 0) is 86.5 Å². The Morgan fingerprint density at radius 1 is 0.841 bits per heavy atom. The molecule has 4 aliphatic heterocycles. The van der Waals surface area contributed by atoms with Crippen LogP contribution in [0.25, 0.3) is 16.6 Å². The van der Waals surface area contributed by atoms with E-state index in [4.69, 9.17) is 26.3 Å². The van der Waals surface area contributed by atoms with Crippen molar-refractivity contribution in [3.8, 4) is 5.69 Å². The van der Waals surface area contributed by atoms with E-state index in [0.717, 1.165) is 71.1 Å². The number of piperidine rings is 2. The average Bonchev–Trinajstić information content (AvgIpc) is 3.48. The molecular weight excluding hydrogens is 842 g/mol. The predicted molar refractivity (Wildman–Crippen MR) is 244 cm³/mol. The summed E-state index contributed by atoms with van der Waals surface area (Å²) in [5, 5.41) is 0.841. The Kier molecular flexibility index (Phi) is 11.4. The highest BCUT2D eigenvalue weighted by Gasteiger charge is 2.40. The van der Waals surface area contributed by atoms with Crippen molar-refractivity contribution in [2.45, 2.75) is 82.5 Å². The quantitative estimate of drug-likeness (QED) is 0.0776. The van der Waals surface area contributed by atoms with Gasteiger partial charge in [0, 0.05) is 71.6 Å². The van der Waals surface area contributed by atoms with Crippen LogP contribution in [-0.4, -0.2) is 96.9 Å². The molecule has 0 saturated carbocycles. The Morgan fingerprint density at radius 3 is 2.14 bits per heavy atom. The first-order valence-electron chi connectivity index (χ1n) is 21.9. The van der Waals surface area contributed by atoms with Gasteiger partial charge in [0.25, 0.3) is 5.56 Å². The summed E-state index contributed by atoms with van der Waals surface area (Å²) < 4.78 is 39.2. The molecule has 12 nitrogen and oxygen atoms in total. The van der Waals surface area contributed by atoms with E-state index in [9.17, 15) is 14.4 Å². The molecule has 1 atom stereocenters. The largest absolute Gasteiger partial charge is 0.368 e. The van der Waals surface area contributed by atoms with E-state index in [0.29, 0.717) is 54.8 Å². The summed E-state index contributed by atoms with van der Waals surface area (Å²) in [6, 6.07) is 15.7. The lowest BCUT2D eigenvalue weighted by Gasteiger charge is -2.37. The molecule has 3 saturated heterocycles. The van der Waals surface area contributed by atoms with Crippen LogP contribution < -0.4 is 20.3 Å². The van der Waals surface area contributed by atoms with Crippen molar-refractivity contribution in [1.82, 2.24) is 24.4 Å². The summed E-state index contributed by atoms with van der Waals surface area (Å²) in [6.07, 6.45) is 5.58. The van der Waals surface area contributed by atoms with Gasteiger partial charge in [-0.2, -0.15) is 4.98 Å². The predicted octanol–water partition coefficient (Wildman–Crippen LogP) is 8.00. The minimum Gasteiger partial charge on any atom is -0.368 e. The molecule has 0 bridgehead atoms. The Bertz CT molecular complexity index is 2630. The number of hydrogen-bond donors (Lipinski definition) is 0. The molecule has 16 heteroatoms. The minimum absolute atomic E-state index is 0.0168. The minimum atomic E-state index is -1.37. The summed E-state index contributed by atoms with van der Waals surface area (Å²) in [6.45, 7) is 14.9. The molecule has 2 aromatic heterocycles. The smallest absolute Gasteiger partial charge is 0.282 e. The van der Waals surface area contributed by atoms with Crippen molar-refractivity contribution in [1.29, 1.82) is 0 Å². The molecule has 3 aromatic carbocycles. The lowest BCUT2D eigenvalue weighted by molar-refractivity contribution is -0.155. The zero-order valence-corrected chi connectivity index (χ0v) is 38.2. The van der Waals surface area contributed by atoms with E-state index in [1.54, 1.807) is 12.3 Å². The molecule has 4 aliphatic rings. The lowest BCUT2D eigenvalue weighted by Crippen LogP contribution is -2.47. The van der Waals surface area contributed by atoms with Crippen molar-refractivity contribution in [3.05, 3.63) is 110 Å². The summed E-state index contributed by atoms with van der Waals surface area (Å²) in [7, 11) is -1.37. The Balaban J connectivity index is 0.805. The molecule has 0 spiro atoms. The van der Waals surface area contributed by atoms with Gasteiger partial charge in [-0.15, -0.1) is 0 Å². The van der Waals surface area contributed by atoms with Crippen molar-refractivity contribution < 1.29 is 23.1 Å².